The summed E-state index contributed by atoms with van der Waals surface area (Å²) in [6.07, 6.45) is 2.95. The smallest absolute Gasteiger partial charge is 0.320 e. The molecule has 2 amide bonds. The van der Waals surface area contributed by atoms with Crippen molar-refractivity contribution in [3.8, 4) is 0 Å². The summed E-state index contributed by atoms with van der Waals surface area (Å²) in [7, 11) is 0. The fourth-order valence-electron chi connectivity index (χ4n) is 1.21. The first-order valence-corrected chi connectivity index (χ1v) is 5.18. The Bertz CT molecular complexity index is 318. The van der Waals surface area contributed by atoms with Gasteiger partial charge in [0, 0.05) is 18.8 Å². The average molecular weight is 224 g/mol. The first-order chi connectivity index (χ1) is 7.72. The third-order valence-corrected chi connectivity index (χ3v) is 1.99. The fourth-order valence-corrected chi connectivity index (χ4v) is 1.21. The van der Waals surface area contributed by atoms with Crippen LogP contribution in [0.2, 0.25) is 0 Å². The molecule has 0 saturated heterocycles. The molecule has 0 fully saturated rings. The molecule has 0 saturated carbocycles. The van der Waals surface area contributed by atoms with Crippen molar-refractivity contribution in [3.63, 3.8) is 0 Å². The highest BCUT2D eigenvalue weighted by molar-refractivity contribution is 5.88. The number of nitrogens with zero attached hydrogens (tertiary/aromatic N) is 2. The lowest BCUT2D eigenvalue weighted by Crippen LogP contribution is -2.36. The molecular formula is C10H16N4O2. The van der Waals surface area contributed by atoms with E-state index in [1.807, 2.05) is 6.92 Å². The highest BCUT2D eigenvalue weighted by atomic mass is 16.3. The molecule has 0 radical (unpaired) electrons. The molecule has 6 heteroatoms. The van der Waals surface area contributed by atoms with Gasteiger partial charge >= 0.3 is 6.03 Å². The minimum atomic E-state index is -0.314. The van der Waals surface area contributed by atoms with Crippen LogP contribution in [0, 0.1) is 0 Å². The average Bonchev–Trinajstić information content (AvgIpc) is 2.27. The molecule has 1 aromatic heterocycles. The van der Waals surface area contributed by atoms with E-state index in [-0.39, 0.29) is 18.7 Å². The topological polar surface area (TPSA) is 87.1 Å². The second-order valence-corrected chi connectivity index (χ2v) is 3.47. The zero-order valence-corrected chi connectivity index (χ0v) is 9.18. The Morgan fingerprint density at radius 3 is 3.06 bits per heavy atom. The number of carbonyl (C=O) groups is 1. The molecule has 88 valence electrons. The van der Waals surface area contributed by atoms with Crippen molar-refractivity contribution in [2.75, 3.05) is 11.9 Å². The first kappa shape index (κ1) is 12.4. The van der Waals surface area contributed by atoms with Gasteiger partial charge in [0.05, 0.1) is 0 Å². The lowest BCUT2D eigenvalue weighted by atomic mass is 10.2. The van der Waals surface area contributed by atoms with Gasteiger partial charge in [0.2, 0.25) is 0 Å². The van der Waals surface area contributed by atoms with Crippen molar-refractivity contribution in [2.24, 2.45) is 0 Å². The zero-order valence-electron chi connectivity index (χ0n) is 9.18. The van der Waals surface area contributed by atoms with Gasteiger partial charge in [-0.2, -0.15) is 5.10 Å². The quantitative estimate of drug-likeness (QED) is 0.689. The van der Waals surface area contributed by atoms with E-state index < -0.39 is 0 Å². The van der Waals surface area contributed by atoms with Crippen LogP contribution >= 0.6 is 0 Å². The van der Waals surface area contributed by atoms with Gasteiger partial charge in [-0.25, -0.2) is 4.79 Å². The number of aliphatic hydroxyl groups is 1. The van der Waals surface area contributed by atoms with Gasteiger partial charge in [-0.1, -0.05) is 0 Å². The predicted octanol–water partition coefficient (Wildman–Crippen LogP) is 0.759. The number of amides is 2. The molecule has 6 nitrogen and oxygen atoms in total. The number of aliphatic hydroxyl groups excluding tert-OH is 1. The maximum Gasteiger partial charge on any atom is 0.320 e. The van der Waals surface area contributed by atoms with Gasteiger partial charge in [0.25, 0.3) is 0 Å². The van der Waals surface area contributed by atoms with Crippen molar-refractivity contribution in [1.29, 1.82) is 0 Å². The number of rotatable bonds is 5. The maximum absolute atomic E-state index is 11.4. The number of hydrogen-bond acceptors (Lipinski definition) is 4. The molecule has 0 aromatic carbocycles. The van der Waals surface area contributed by atoms with Crippen LogP contribution in [0.4, 0.5) is 10.6 Å². The Kier molecular flexibility index (Phi) is 5.21. The number of anilines is 1. The highest BCUT2D eigenvalue weighted by Gasteiger charge is 2.07. The van der Waals surface area contributed by atoms with Crippen molar-refractivity contribution in [1.82, 2.24) is 15.5 Å². The Morgan fingerprint density at radius 2 is 2.44 bits per heavy atom. The van der Waals surface area contributed by atoms with E-state index >= 15 is 0 Å². The number of hydrogen-bond donors (Lipinski definition) is 3. The maximum atomic E-state index is 11.4. The Hall–Kier alpha value is -1.69. The van der Waals surface area contributed by atoms with Crippen molar-refractivity contribution in [3.05, 3.63) is 18.3 Å². The minimum Gasteiger partial charge on any atom is -0.396 e. The van der Waals surface area contributed by atoms with E-state index in [4.69, 9.17) is 5.11 Å². The van der Waals surface area contributed by atoms with Crippen molar-refractivity contribution in [2.45, 2.75) is 25.8 Å². The summed E-state index contributed by atoms with van der Waals surface area (Å²) in [6.45, 7) is 2.02. The first-order valence-electron chi connectivity index (χ1n) is 5.18. The third-order valence-electron chi connectivity index (χ3n) is 1.99. The standard InChI is InChI=1S/C10H16N4O2/c1-8(4-3-7-15)12-10(16)13-9-5-2-6-11-14-9/h2,5-6,8,15H,3-4,7H2,1H3,(H2,12,13,14,16). The molecule has 1 rings (SSSR count). The van der Waals surface area contributed by atoms with Gasteiger partial charge in [-0.05, 0) is 31.9 Å². The molecule has 1 heterocycles. The summed E-state index contributed by atoms with van der Waals surface area (Å²) in [4.78, 5) is 11.4. The second-order valence-electron chi connectivity index (χ2n) is 3.47. The van der Waals surface area contributed by atoms with E-state index in [1.165, 1.54) is 6.20 Å². The predicted molar refractivity (Wildman–Crippen MR) is 60.0 cm³/mol. The number of urea groups is 1. The number of carbonyl (C=O) groups excluding carboxylic acids is 1. The normalized spacial score (nSPS) is 11.9. The summed E-state index contributed by atoms with van der Waals surface area (Å²) in [5.74, 6) is 0.411. The zero-order chi connectivity index (χ0) is 11.8. The van der Waals surface area contributed by atoms with Crippen LogP contribution in [-0.4, -0.2) is 34.0 Å². The van der Waals surface area contributed by atoms with E-state index in [9.17, 15) is 4.79 Å². The molecule has 3 N–H and O–H groups in total. The molecule has 1 atom stereocenters. The Morgan fingerprint density at radius 1 is 1.62 bits per heavy atom. The van der Waals surface area contributed by atoms with Crippen LogP contribution in [0.25, 0.3) is 0 Å². The summed E-state index contributed by atoms with van der Waals surface area (Å²) in [5, 5.41) is 21.3. The largest absolute Gasteiger partial charge is 0.396 e. The minimum absolute atomic E-state index is 0.0174. The van der Waals surface area contributed by atoms with E-state index in [1.54, 1.807) is 12.1 Å². The van der Waals surface area contributed by atoms with Gasteiger partial charge in [-0.15, -0.1) is 5.10 Å². The molecule has 0 aliphatic rings. The summed E-state index contributed by atoms with van der Waals surface area (Å²) < 4.78 is 0. The number of aromatic nitrogens is 2. The van der Waals surface area contributed by atoms with Crippen LogP contribution < -0.4 is 10.6 Å². The third kappa shape index (κ3) is 4.70. The van der Waals surface area contributed by atoms with Gasteiger partial charge < -0.3 is 10.4 Å². The number of nitrogens with one attached hydrogen (secondary N) is 2. The van der Waals surface area contributed by atoms with Crippen LogP contribution in [0.5, 0.6) is 0 Å². The fraction of sp³-hybridized carbons (Fsp3) is 0.500. The summed E-state index contributed by atoms with van der Waals surface area (Å²) in [5.41, 5.74) is 0. The van der Waals surface area contributed by atoms with Gasteiger partial charge in [-0.3, -0.25) is 5.32 Å². The SMILES string of the molecule is CC(CCCO)NC(=O)Nc1cccnn1. The van der Waals surface area contributed by atoms with Crippen molar-refractivity contribution >= 4 is 11.8 Å². The second kappa shape index (κ2) is 6.73. The molecule has 16 heavy (non-hydrogen) atoms. The van der Waals surface area contributed by atoms with E-state index in [0.29, 0.717) is 12.2 Å². The Labute approximate surface area is 94.1 Å². The van der Waals surface area contributed by atoms with Gasteiger partial charge in [0.1, 0.15) is 0 Å². The van der Waals surface area contributed by atoms with E-state index in [2.05, 4.69) is 20.8 Å². The van der Waals surface area contributed by atoms with Crippen LogP contribution in [-0.2, 0) is 0 Å². The van der Waals surface area contributed by atoms with E-state index in [0.717, 1.165) is 6.42 Å². The molecule has 1 unspecified atom stereocenters. The van der Waals surface area contributed by atoms with Crippen LogP contribution in [0.1, 0.15) is 19.8 Å². The van der Waals surface area contributed by atoms with Crippen molar-refractivity contribution < 1.29 is 9.90 Å². The lowest BCUT2D eigenvalue weighted by Gasteiger charge is -2.13. The Balaban J connectivity index is 2.31. The molecule has 0 aliphatic heterocycles. The molecule has 0 bridgehead atoms. The molecular weight excluding hydrogens is 208 g/mol. The summed E-state index contributed by atoms with van der Waals surface area (Å²) in [6, 6.07) is 3.05. The monoisotopic (exact) mass is 224 g/mol. The lowest BCUT2D eigenvalue weighted by molar-refractivity contribution is 0.245. The van der Waals surface area contributed by atoms with Crippen LogP contribution in [0.15, 0.2) is 18.3 Å². The molecule has 1 aromatic rings. The van der Waals surface area contributed by atoms with Gasteiger partial charge in [0.15, 0.2) is 5.82 Å². The molecule has 0 aliphatic carbocycles. The van der Waals surface area contributed by atoms with Crippen LogP contribution in [0.3, 0.4) is 0 Å². The molecule has 0 spiro atoms. The summed E-state index contributed by atoms with van der Waals surface area (Å²) >= 11 is 0. The highest BCUT2D eigenvalue weighted by Crippen LogP contribution is 1.99.